The molecular formula is C32H49NO2. The Morgan fingerprint density at radius 3 is 1.80 bits per heavy atom. The van der Waals surface area contributed by atoms with Crippen molar-refractivity contribution in [2.45, 2.75) is 107 Å². The number of carbonyl (C=O) groups excluding carboxylic acids is 2. The number of anilines is 1. The standard InChI is InChI=1S/C18H27NO.C10H14.C4H8O/c1-4-14-6-8-16(9-7-14)18(20)19-17-11-10-15(5-2)13(3)12-17;1-4-10-8(2)6-5-7-9(10)3;1-3-4(2)5/h10-12,14,16H,4-9H2,1-3H3,(H,19,20);5-7H,4H2,1-3H3;3H2,1-2H3. The van der Waals surface area contributed by atoms with Crippen LogP contribution >= 0.6 is 0 Å². The zero-order valence-electron chi connectivity index (χ0n) is 23.6. The van der Waals surface area contributed by atoms with Crippen molar-refractivity contribution < 1.29 is 9.59 Å². The summed E-state index contributed by atoms with van der Waals surface area (Å²) in [6.45, 7) is 16.5. The summed E-state index contributed by atoms with van der Waals surface area (Å²) in [5, 5.41) is 3.10. The minimum atomic E-state index is 0.211. The van der Waals surface area contributed by atoms with Crippen LogP contribution in [0.4, 0.5) is 5.69 Å². The molecule has 1 aliphatic carbocycles. The van der Waals surface area contributed by atoms with E-state index >= 15 is 0 Å². The number of hydrogen-bond donors (Lipinski definition) is 1. The molecular weight excluding hydrogens is 430 g/mol. The molecule has 1 amide bonds. The SMILES string of the molecule is CCC(C)=O.CCc1c(C)cccc1C.CCc1ccc(NC(=O)C2CCC(CC)CC2)cc1C. The number of aryl methyl sites for hydroxylation is 4. The van der Waals surface area contributed by atoms with Crippen LogP contribution in [0.5, 0.6) is 0 Å². The smallest absolute Gasteiger partial charge is 0.227 e. The Hall–Kier alpha value is -2.42. The molecule has 1 N–H and O–H groups in total. The molecule has 0 aromatic heterocycles. The molecule has 3 heteroatoms. The Kier molecular flexibility index (Phi) is 14.2. The summed E-state index contributed by atoms with van der Waals surface area (Å²) in [6.07, 6.45) is 8.64. The lowest BCUT2D eigenvalue weighted by molar-refractivity contribution is -0.121. The fourth-order valence-electron chi connectivity index (χ4n) is 4.65. The van der Waals surface area contributed by atoms with E-state index in [1.54, 1.807) is 6.92 Å². The van der Waals surface area contributed by atoms with Crippen LogP contribution < -0.4 is 5.32 Å². The van der Waals surface area contributed by atoms with Gasteiger partial charge in [0.15, 0.2) is 0 Å². The number of rotatable bonds is 6. The largest absolute Gasteiger partial charge is 0.326 e. The zero-order valence-corrected chi connectivity index (χ0v) is 23.6. The van der Waals surface area contributed by atoms with Crippen LogP contribution in [0.3, 0.4) is 0 Å². The van der Waals surface area contributed by atoms with Crippen molar-refractivity contribution >= 4 is 17.4 Å². The number of ketones is 1. The van der Waals surface area contributed by atoms with Gasteiger partial charge in [-0.05, 0) is 112 Å². The number of hydrogen-bond acceptors (Lipinski definition) is 2. The van der Waals surface area contributed by atoms with Crippen molar-refractivity contribution in [3.05, 3.63) is 64.2 Å². The lowest BCUT2D eigenvalue weighted by Crippen LogP contribution is -2.27. The van der Waals surface area contributed by atoms with Gasteiger partial charge >= 0.3 is 0 Å². The van der Waals surface area contributed by atoms with Crippen molar-refractivity contribution in [1.29, 1.82) is 0 Å². The van der Waals surface area contributed by atoms with E-state index in [1.807, 2.05) is 13.0 Å². The minimum Gasteiger partial charge on any atom is -0.326 e. The van der Waals surface area contributed by atoms with E-state index in [0.717, 1.165) is 37.3 Å². The van der Waals surface area contributed by atoms with Crippen LogP contribution in [-0.4, -0.2) is 11.7 Å². The molecule has 0 bridgehead atoms. The molecule has 35 heavy (non-hydrogen) atoms. The van der Waals surface area contributed by atoms with Crippen LogP contribution in [-0.2, 0) is 22.4 Å². The molecule has 0 unspecified atom stereocenters. The number of benzene rings is 2. The third-order valence-corrected chi connectivity index (χ3v) is 7.28. The van der Waals surface area contributed by atoms with Gasteiger partial charge in [-0.1, -0.05) is 58.4 Å². The summed E-state index contributed by atoms with van der Waals surface area (Å²) in [5.41, 5.74) is 7.90. The molecule has 0 spiro atoms. The summed E-state index contributed by atoms with van der Waals surface area (Å²) in [7, 11) is 0. The molecule has 0 radical (unpaired) electrons. The molecule has 1 saturated carbocycles. The third-order valence-electron chi connectivity index (χ3n) is 7.28. The molecule has 2 aromatic carbocycles. The molecule has 0 saturated heterocycles. The van der Waals surface area contributed by atoms with Gasteiger partial charge in [0.2, 0.25) is 5.91 Å². The van der Waals surface area contributed by atoms with Crippen molar-refractivity contribution in [2.75, 3.05) is 5.32 Å². The van der Waals surface area contributed by atoms with Crippen LogP contribution in [0.2, 0.25) is 0 Å². The second-order valence-corrected chi connectivity index (χ2v) is 9.89. The van der Waals surface area contributed by atoms with E-state index in [-0.39, 0.29) is 17.6 Å². The van der Waals surface area contributed by atoms with Crippen molar-refractivity contribution in [2.24, 2.45) is 11.8 Å². The molecule has 3 nitrogen and oxygen atoms in total. The highest BCUT2D eigenvalue weighted by atomic mass is 16.2. The highest BCUT2D eigenvalue weighted by Gasteiger charge is 2.25. The molecule has 2 aromatic rings. The zero-order chi connectivity index (χ0) is 26.4. The van der Waals surface area contributed by atoms with Gasteiger partial charge in [-0.15, -0.1) is 0 Å². The van der Waals surface area contributed by atoms with Gasteiger partial charge < -0.3 is 10.1 Å². The van der Waals surface area contributed by atoms with Gasteiger partial charge in [-0.3, -0.25) is 4.79 Å². The number of amides is 1. The second kappa shape index (κ2) is 16.3. The molecule has 0 aliphatic heterocycles. The molecule has 0 atom stereocenters. The van der Waals surface area contributed by atoms with Crippen LogP contribution in [0, 0.1) is 32.6 Å². The van der Waals surface area contributed by atoms with Crippen LogP contribution in [0.1, 0.15) is 101 Å². The Balaban J connectivity index is 0.000000338. The first kappa shape index (κ1) is 30.6. The predicted octanol–water partition coefficient (Wildman–Crippen LogP) is 8.56. The summed E-state index contributed by atoms with van der Waals surface area (Å²) in [5.74, 6) is 1.52. The summed E-state index contributed by atoms with van der Waals surface area (Å²) < 4.78 is 0. The van der Waals surface area contributed by atoms with Gasteiger partial charge in [0.05, 0.1) is 0 Å². The average Bonchev–Trinajstić information content (AvgIpc) is 2.85. The summed E-state index contributed by atoms with van der Waals surface area (Å²) in [4.78, 5) is 22.1. The third kappa shape index (κ3) is 10.8. The quantitative estimate of drug-likeness (QED) is 0.451. The number of nitrogens with one attached hydrogen (secondary N) is 1. The van der Waals surface area contributed by atoms with Gasteiger partial charge in [0.1, 0.15) is 5.78 Å². The molecule has 1 fully saturated rings. The van der Waals surface area contributed by atoms with Crippen molar-refractivity contribution in [3.8, 4) is 0 Å². The van der Waals surface area contributed by atoms with Crippen molar-refractivity contribution in [3.63, 3.8) is 0 Å². The first-order valence-corrected chi connectivity index (χ1v) is 13.6. The molecule has 0 heterocycles. The first-order valence-electron chi connectivity index (χ1n) is 13.6. The Labute approximate surface area is 215 Å². The topological polar surface area (TPSA) is 46.2 Å². The van der Waals surface area contributed by atoms with E-state index in [0.29, 0.717) is 6.42 Å². The van der Waals surface area contributed by atoms with Crippen LogP contribution in [0.25, 0.3) is 0 Å². The highest BCUT2D eigenvalue weighted by molar-refractivity contribution is 5.92. The maximum Gasteiger partial charge on any atom is 0.227 e. The number of Topliss-reactive ketones (excluding diaryl/α,β-unsaturated/α-hetero) is 1. The van der Waals surface area contributed by atoms with Gasteiger partial charge in [0.25, 0.3) is 0 Å². The minimum absolute atomic E-state index is 0.211. The number of carbonyl (C=O) groups is 2. The Bertz CT molecular complexity index is 903. The van der Waals surface area contributed by atoms with Crippen LogP contribution in [0.15, 0.2) is 36.4 Å². The summed E-state index contributed by atoms with van der Waals surface area (Å²) >= 11 is 0. The average molecular weight is 480 g/mol. The van der Waals surface area contributed by atoms with E-state index < -0.39 is 0 Å². The van der Waals surface area contributed by atoms with E-state index in [2.05, 4.69) is 77.2 Å². The maximum atomic E-state index is 12.3. The predicted molar refractivity (Wildman–Crippen MR) is 151 cm³/mol. The van der Waals surface area contributed by atoms with Gasteiger partial charge in [-0.2, -0.15) is 0 Å². The Morgan fingerprint density at radius 2 is 1.40 bits per heavy atom. The van der Waals surface area contributed by atoms with Gasteiger partial charge in [-0.25, -0.2) is 0 Å². The monoisotopic (exact) mass is 479 g/mol. The second-order valence-electron chi connectivity index (χ2n) is 9.89. The lowest BCUT2D eigenvalue weighted by Gasteiger charge is -2.27. The highest BCUT2D eigenvalue weighted by Crippen LogP contribution is 2.31. The molecule has 3 rings (SSSR count). The maximum absolute atomic E-state index is 12.3. The van der Waals surface area contributed by atoms with E-state index in [9.17, 15) is 9.59 Å². The first-order chi connectivity index (χ1) is 16.7. The molecule has 1 aliphatic rings. The lowest BCUT2D eigenvalue weighted by atomic mass is 9.80. The van der Waals surface area contributed by atoms with Gasteiger partial charge in [0, 0.05) is 18.0 Å². The fraction of sp³-hybridized carbons (Fsp3) is 0.562. The Morgan fingerprint density at radius 1 is 0.829 bits per heavy atom. The molecule has 194 valence electrons. The van der Waals surface area contributed by atoms with E-state index in [4.69, 9.17) is 0 Å². The summed E-state index contributed by atoms with van der Waals surface area (Å²) in [6, 6.07) is 12.7. The fourth-order valence-corrected chi connectivity index (χ4v) is 4.65. The van der Waals surface area contributed by atoms with Crippen molar-refractivity contribution in [1.82, 2.24) is 0 Å². The van der Waals surface area contributed by atoms with E-state index in [1.165, 1.54) is 47.1 Å². The normalized spacial score (nSPS) is 16.8.